The first-order valence-electron chi connectivity index (χ1n) is 7.12. The zero-order valence-electron chi connectivity index (χ0n) is 12.8. The fourth-order valence-corrected chi connectivity index (χ4v) is 5.96. The summed E-state index contributed by atoms with van der Waals surface area (Å²) in [4.78, 5) is -1.02. The molecule has 0 spiro atoms. The van der Waals surface area contributed by atoms with Crippen LogP contribution in [0.4, 0.5) is 0 Å². The number of aromatic amines is 1. The lowest BCUT2D eigenvalue weighted by atomic mass is 10.2. The van der Waals surface area contributed by atoms with Gasteiger partial charge in [0.2, 0.25) is 25.9 Å². The molecule has 14 heteroatoms. The Morgan fingerprint density at radius 2 is 2.04 bits per heavy atom. The molecule has 0 unspecified atom stereocenters. The molecule has 0 saturated carbocycles. The Kier molecular flexibility index (Phi) is 4.95. The highest BCUT2D eigenvalue weighted by Gasteiger charge is 2.32. The molecule has 5 N–H and O–H groups in total. The molecule has 132 valence electrons. The second-order valence-corrected chi connectivity index (χ2v) is 9.25. The molecule has 0 aliphatic carbocycles. The van der Waals surface area contributed by atoms with Gasteiger partial charge in [-0.15, -0.1) is 14.6 Å². The Labute approximate surface area is 152 Å². The highest BCUT2D eigenvalue weighted by atomic mass is 32.2. The van der Waals surface area contributed by atoms with Crippen LogP contribution in [0.1, 0.15) is 6.42 Å². The summed E-state index contributed by atoms with van der Waals surface area (Å²) in [5, 5.41) is 21.4. The van der Waals surface area contributed by atoms with Gasteiger partial charge in [-0.1, -0.05) is 6.07 Å². The lowest BCUT2D eigenvalue weighted by molar-refractivity contribution is 0.555. The summed E-state index contributed by atoms with van der Waals surface area (Å²) in [6, 6.07) is 2.30. The maximum Gasteiger partial charge on any atom is 0.242 e. The van der Waals surface area contributed by atoms with E-state index in [1.807, 2.05) is 0 Å². The van der Waals surface area contributed by atoms with Crippen LogP contribution in [0, 0.1) is 0 Å². The molecule has 2 heterocycles. The van der Waals surface area contributed by atoms with Crippen LogP contribution in [0.5, 0.6) is 0 Å². The van der Waals surface area contributed by atoms with Crippen molar-refractivity contribution in [3.63, 3.8) is 0 Å². The van der Waals surface area contributed by atoms with Gasteiger partial charge in [-0.2, -0.15) is 5.21 Å². The standard InChI is InChI=1S/C11H14N7O4S2.Al/c12-23(19,20)10-8(11-14-17-18-15-11)2-1-3-9(10)24(21,22)16-7-4-5-13-6-7;/h1,3,7,13,16H,4-6H2,(H2,12,19,20)(H,14,15,17,18);/t7-;/m1./s1. The van der Waals surface area contributed by atoms with Crippen LogP contribution < -0.4 is 19.6 Å². The fraction of sp³-hybridized carbons (Fsp3) is 0.364. The smallest absolute Gasteiger partial charge is 0.242 e. The number of benzene rings is 1. The molecule has 0 bridgehead atoms. The van der Waals surface area contributed by atoms with E-state index in [4.69, 9.17) is 5.14 Å². The number of aromatic nitrogens is 4. The van der Waals surface area contributed by atoms with Gasteiger partial charge >= 0.3 is 0 Å². The first-order chi connectivity index (χ1) is 11.7. The van der Waals surface area contributed by atoms with Crippen molar-refractivity contribution in [2.75, 3.05) is 13.1 Å². The summed E-state index contributed by atoms with van der Waals surface area (Å²) in [6.07, 6.45) is 0.601. The van der Waals surface area contributed by atoms with Crippen LogP contribution in [0.15, 0.2) is 21.9 Å². The Hall–Kier alpha value is -1.40. The highest BCUT2D eigenvalue weighted by Crippen LogP contribution is 2.28. The number of H-pyrrole nitrogens is 1. The molecule has 1 aromatic heterocycles. The van der Waals surface area contributed by atoms with E-state index in [1.165, 1.54) is 12.1 Å². The molecule has 1 atom stereocenters. The lowest BCUT2D eigenvalue weighted by Crippen LogP contribution is -2.37. The van der Waals surface area contributed by atoms with E-state index in [9.17, 15) is 16.8 Å². The molecule has 11 nitrogen and oxygen atoms in total. The third-order valence-corrected chi connectivity index (χ3v) is 6.85. The molecule has 1 aliphatic heterocycles. The number of nitrogens with two attached hydrogens (primary N) is 1. The van der Waals surface area contributed by atoms with Gasteiger partial charge in [-0.25, -0.2) is 26.7 Å². The minimum Gasteiger partial charge on any atom is -0.315 e. The van der Waals surface area contributed by atoms with Gasteiger partial charge in [-0.3, -0.25) is 0 Å². The SMILES string of the molecule is NS(=O)(=O)c1c(S(=O)(=O)N[C@@H]2CCNC2)cc[c]([Al])c1-c1nn[nH]n1. The first kappa shape index (κ1) is 18.4. The summed E-state index contributed by atoms with van der Waals surface area (Å²) >= 11 is 2.30. The van der Waals surface area contributed by atoms with E-state index in [2.05, 4.69) is 47.0 Å². The second-order valence-electron chi connectivity index (χ2n) is 5.45. The zero-order valence-corrected chi connectivity index (χ0v) is 15.6. The number of sulfonamides is 2. The average molecular weight is 399 g/mol. The van der Waals surface area contributed by atoms with Gasteiger partial charge in [0.1, 0.15) is 9.79 Å². The number of hydrogen-bond donors (Lipinski definition) is 4. The number of hydrogen-bond acceptors (Lipinski definition) is 8. The number of primary sulfonamides is 1. The maximum absolute atomic E-state index is 12.8. The normalized spacial score (nSPS) is 18.5. The minimum atomic E-state index is -4.40. The van der Waals surface area contributed by atoms with Crippen molar-refractivity contribution in [2.24, 2.45) is 5.14 Å². The molecule has 1 saturated heterocycles. The predicted molar refractivity (Wildman–Crippen MR) is 88.0 cm³/mol. The van der Waals surface area contributed by atoms with Crippen molar-refractivity contribution >= 4 is 40.8 Å². The van der Waals surface area contributed by atoms with Crippen LogP contribution in [0.2, 0.25) is 0 Å². The molecule has 0 amide bonds. The summed E-state index contributed by atoms with van der Waals surface area (Å²) in [6.45, 7) is 1.14. The van der Waals surface area contributed by atoms with Crippen LogP contribution in [-0.4, -0.2) is 72.9 Å². The lowest BCUT2D eigenvalue weighted by Gasteiger charge is -2.17. The molecule has 25 heavy (non-hydrogen) atoms. The summed E-state index contributed by atoms with van der Waals surface area (Å²) < 4.78 is 52.7. The van der Waals surface area contributed by atoms with Crippen LogP contribution >= 0.6 is 0 Å². The third-order valence-electron chi connectivity index (χ3n) is 3.68. The second kappa shape index (κ2) is 6.73. The Morgan fingerprint density at radius 1 is 1.28 bits per heavy atom. The van der Waals surface area contributed by atoms with Gasteiger partial charge in [-0.05, 0) is 24.2 Å². The van der Waals surface area contributed by atoms with Crippen molar-refractivity contribution in [1.82, 2.24) is 30.7 Å². The van der Waals surface area contributed by atoms with Crippen molar-refractivity contribution in [3.8, 4) is 11.4 Å². The summed E-state index contributed by atoms with van der Waals surface area (Å²) in [5.41, 5.74) is -0.0336. The number of nitrogens with one attached hydrogen (secondary N) is 3. The van der Waals surface area contributed by atoms with Crippen molar-refractivity contribution < 1.29 is 16.8 Å². The molecule has 2 radical (unpaired) electrons. The van der Waals surface area contributed by atoms with E-state index in [0.717, 1.165) is 0 Å². The minimum absolute atomic E-state index is 0.0336. The average Bonchev–Trinajstić information content (AvgIpc) is 3.18. The van der Waals surface area contributed by atoms with Gasteiger partial charge in [0.05, 0.1) is 0 Å². The molecular formula is C11H14AlN7O4S2. The Balaban J connectivity index is 2.22. The monoisotopic (exact) mass is 399 g/mol. The Bertz CT molecular complexity index is 986. The van der Waals surface area contributed by atoms with E-state index in [1.54, 1.807) is 0 Å². The van der Waals surface area contributed by atoms with Crippen molar-refractivity contribution in [1.29, 1.82) is 0 Å². The molecular weight excluding hydrogens is 385 g/mol. The Morgan fingerprint density at radius 3 is 2.60 bits per heavy atom. The molecule has 2 aromatic rings. The molecule has 1 fully saturated rings. The summed E-state index contributed by atoms with van der Waals surface area (Å²) in [5.74, 6) is -0.0754. The van der Waals surface area contributed by atoms with Crippen molar-refractivity contribution in [2.45, 2.75) is 22.3 Å². The third kappa shape index (κ3) is 3.75. The van der Waals surface area contributed by atoms with Crippen LogP contribution in [0.25, 0.3) is 11.4 Å². The number of nitrogens with zero attached hydrogens (tertiary/aromatic N) is 3. The fourth-order valence-electron chi connectivity index (χ4n) is 2.61. The maximum atomic E-state index is 12.8. The molecule has 1 aliphatic rings. The molecule has 3 rings (SSSR count). The van der Waals surface area contributed by atoms with Crippen LogP contribution in [-0.2, 0) is 20.0 Å². The number of tetrazole rings is 1. The van der Waals surface area contributed by atoms with Gasteiger partial charge < -0.3 is 5.32 Å². The highest BCUT2D eigenvalue weighted by molar-refractivity contribution is 7.92. The van der Waals surface area contributed by atoms with E-state index >= 15 is 0 Å². The topological polar surface area (TPSA) is 173 Å². The van der Waals surface area contributed by atoms with E-state index in [-0.39, 0.29) is 17.4 Å². The molecule has 1 aromatic carbocycles. The van der Waals surface area contributed by atoms with Crippen LogP contribution in [0.3, 0.4) is 0 Å². The van der Waals surface area contributed by atoms with Gasteiger partial charge in [0.15, 0.2) is 16.3 Å². The summed E-state index contributed by atoms with van der Waals surface area (Å²) in [7, 11) is -8.53. The van der Waals surface area contributed by atoms with Gasteiger partial charge in [0.25, 0.3) is 0 Å². The zero-order chi connectivity index (χ0) is 18.2. The van der Waals surface area contributed by atoms with Gasteiger partial charge in [0, 0.05) is 18.2 Å². The van der Waals surface area contributed by atoms with Crippen molar-refractivity contribution in [3.05, 3.63) is 12.1 Å². The quantitative estimate of drug-likeness (QED) is 0.384. The predicted octanol–water partition coefficient (Wildman–Crippen LogP) is -3.05. The largest absolute Gasteiger partial charge is 0.315 e. The van der Waals surface area contributed by atoms with E-state index in [0.29, 0.717) is 23.9 Å². The number of rotatable bonds is 5. The van der Waals surface area contributed by atoms with E-state index < -0.39 is 29.8 Å². The first-order valence-corrected chi connectivity index (χ1v) is 10.7.